The molecule has 0 unspecified atom stereocenters. The number of carbonyl (C=O) groups excluding carboxylic acids is 6. The Balaban J connectivity index is 0.738. The average molecular weight is 912 g/mol. The number of nitrogens with zero attached hydrogens (tertiary/aromatic N) is 7. The van der Waals surface area contributed by atoms with E-state index in [0.717, 1.165) is 31.4 Å². The van der Waals surface area contributed by atoms with E-state index < -0.39 is 40.9 Å². The molecule has 0 radical (unpaired) electrons. The van der Waals surface area contributed by atoms with E-state index in [1.54, 1.807) is 43.3 Å². The number of amides is 6. The Hall–Kier alpha value is -9.82. The summed E-state index contributed by atoms with van der Waals surface area (Å²) in [4.78, 5) is 91.2. The minimum atomic E-state index is -0.704. The minimum Gasteiger partial charge on any atom is -0.457 e. The summed E-state index contributed by atoms with van der Waals surface area (Å²) in [5.74, 6) is 3.83. The first-order chi connectivity index (χ1) is 33.3. The number of aromatic amines is 2. The normalized spacial score (nSPS) is 14.0. The molecule has 2 aromatic heterocycles. The Morgan fingerprint density at radius 1 is 0.449 bits per heavy atom. The van der Waals surface area contributed by atoms with Crippen molar-refractivity contribution in [1.29, 1.82) is 0 Å². The lowest BCUT2D eigenvalue weighted by atomic mass is 9.78. The van der Waals surface area contributed by atoms with Crippen molar-refractivity contribution in [1.82, 2.24) is 30.4 Å². The molecule has 0 aliphatic carbocycles. The summed E-state index contributed by atoms with van der Waals surface area (Å²) in [5, 5.41) is 13.2. The van der Waals surface area contributed by atoms with Gasteiger partial charge in [0.05, 0.1) is 33.4 Å². The fourth-order valence-electron chi connectivity index (χ4n) is 8.30. The predicted octanol–water partition coefficient (Wildman–Crippen LogP) is 7.94. The SMILES string of the molecule is Cc1nc(N2C(=O)c3ccc(Oc4ccc(C(C)(C)c5ccc(Oc6ccc7c(c6)C(=O)N(c6nc(N8C(=O)c9ccc(C#Cc%10ccccc%10)cc9C8=O)n[nH]6)C7=O)cc5)cc4)cc3C2=O)n[nH]1. The Morgan fingerprint density at radius 2 is 0.884 bits per heavy atom. The fourth-order valence-corrected chi connectivity index (χ4v) is 8.30. The van der Waals surface area contributed by atoms with E-state index in [1.807, 2.05) is 66.7 Å². The van der Waals surface area contributed by atoms with Gasteiger partial charge in [0, 0.05) is 16.5 Å². The summed E-state index contributed by atoms with van der Waals surface area (Å²) in [6.45, 7) is 5.83. The quantitative estimate of drug-likeness (QED) is 0.104. The van der Waals surface area contributed by atoms with E-state index in [2.05, 4.69) is 56.1 Å². The van der Waals surface area contributed by atoms with E-state index >= 15 is 0 Å². The van der Waals surface area contributed by atoms with E-state index in [1.165, 1.54) is 30.3 Å². The van der Waals surface area contributed by atoms with Gasteiger partial charge in [-0.05, 0) is 109 Å². The molecule has 3 aliphatic heterocycles. The van der Waals surface area contributed by atoms with Crippen LogP contribution in [0.1, 0.15) is 104 Å². The second-order valence-corrected chi connectivity index (χ2v) is 16.7. The van der Waals surface area contributed by atoms with Crippen LogP contribution in [0.4, 0.5) is 17.8 Å². The predicted molar refractivity (Wildman–Crippen MR) is 248 cm³/mol. The molecule has 69 heavy (non-hydrogen) atoms. The third-order valence-corrected chi connectivity index (χ3v) is 12.0. The van der Waals surface area contributed by atoms with Gasteiger partial charge < -0.3 is 9.47 Å². The average Bonchev–Trinajstić information content (AvgIpc) is 4.16. The molecule has 0 atom stereocenters. The number of H-pyrrole nitrogens is 2. The number of aryl methyl sites for hydroxylation is 1. The topological polar surface area (TPSA) is 214 Å². The first kappa shape index (κ1) is 41.9. The molecule has 0 saturated heterocycles. The van der Waals surface area contributed by atoms with Gasteiger partial charge in [-0.2, -0.15) is 9.97 Å². The molecule has 0 spiro atoms. The third kappa shape index (κ3) is 7.16. The molecule has 0 fully saturated rings. The summed E-state index contributed by atoms with van der Waals surface area (Å²) in [5.41, 5.74) is 3.70. The molecular formula is C52H33N9O8. The van der Waals surface area contributed by atoms with Crippen LogP contribution in [-0.2, 0) is 5.41 Å². The Labute approximate surface area is 391 Å². The maximum Gasteiger partial charge on any atom is 0.268 e. The smallest absolute Gasteiger partial charge is 0.268 e. The van der Waals surface area contributed by atoms with E-state index in [0.29, 0.717) is 34.4 Å². The van der Waals surface area contributed by atoms with Gasteiger partial charge in [0.25, 0.3) is 47.3 Å². The molecule has 334 valence electrons. The number of carbonyl (C=O) groups is 6. The number of hydrogen-bond donors (Lipinski definition) is 2. The van der Waals surface area contributed by atoms with Crippen molar-refractivity contribution in [2.24, 2.45) is 0 Å². The van der Waals surface area contributed by atoms with Crippen molar-refractivity contribution in [2.75, 3.05) is 14.7 Å². The number of rotatable bonds is 9. The molecule has 8 aromatic rings. The molecule has 5 heterocycles. The highest BCUT2D eigenvalue weighted by molar-refractivity contribution is 6.36. The van der Waals surface area contributed by atoms with Crippen LogP contribution in [0.15, 0.2) is 133 Å². The van der Waals surface area contributed by atoms with Crippen LogP contribution in [0.2, 0.25) is 0 Å². The van der Waals surface area contributed by atoms with Crippen LogP contribution in [0.3, 0.4) is 0 Å². The highest BCUT2D eigenvalue weighted by Crippen LogP contribution is 2.38. The number of anilines is 3. The fraction of sp³-hybridized carbons (Fsp3) is 0.0769. The first-order valence-electron chi connectivity index (χ1n) is 21.4. The van der Waals surface area contributed by atoms with E-state index in [9.17, 15) is 28.8 Å². The van der Waals surface area contributed by atoms with Crippen LogP contribution in [-0.4, -0.2) is 65.8 Å². The van der Waals surface area contributed by atoms with Crippen molar-refractivity contribution in [3.8, 4) is 34.8 Å². The number of hydrogen-bond acceptors (Lipinski definition) is 12. The lowest BCUT2D eigenvalue weighted by Gasteiger charge is -2.26. The molecular weight excluding hydrogens is 879 g/mol. The molecule has 17 nitrogen and oxygen atoms in total. The van der Waals surface area contributed by atoms with E-state index in [4.69, 9.17) is 9.47 Å². The summed E-state index contributed by atoms with van der Waals surface area (Å²) in [6, 6.07) is 38.3. The minimum absolute atomic E-state index is 0.0141. The van der Waals surface area contributed by atoms with Gasteiger partial charge in [-0.15, -0.1) is 10.2 Å². The first-order valence-corrected chi connectivity index (χ1v) is 21.4. The molecule has 6 amide bonds. The second kappa shape index (κ2) is 16.0. The van der Waals surface area contributed by atoms with Crippen LogP contribution in [0.25, 0.3) is 0 Å². The Bertz CT molecular complexity index is 3590. The lowest BCUT2D eigenvalue weighted by molar-refractivity contribution is 0.0907. The number of fused-ring (bicyclic) bond motifs is 3. The summed E-state index contributed by atoms with van der Waals surface area (Å²) in [7, 11) is 0. The maximum atomic E-state index is 13.7. The van der Waals surface area contributed by atoms with Crippen LogP contribution >= 0.6 is 0 Å². The number of ether oxygens (including phenoxy) is 2. The zero-order chi connectivity index (χ0) is 47.7. The van der Waals surface area contributed by atoms with E-state index in [-0.39, 0.29) is 51.2 Å². The highest BCUT2D eigenvalue weighted by atomic mass is 16.5. The molecule has 3 aliphatic rings. The van der Waals surface area contributed by atoms with Gasteiger partial charge in [0.2, 0.25) is 5.95 Å². The van der Waals surface area contributed by atoms with Gasteiger partial charge in [0.1, 0.15) is 28.8 Å². The largest absolute Gasteiger partial charge is 0.457 e. The van der Waals surface area contributed by atoms with Crippen LogP contribution < -0.4 is 24.2 Å². The molecule has 17 heteroatoms. The van der Waals surface area contributed by atoms with Crippen molar-refractivity contribution in [3.63, 3.8) is 0 Å². The van der Waals surface area contributed by atoms with Gasteiger partial charge in [-0.25, -0.2) is 19.8 Å². The van der Waals surface area contributed by atoms with Gasteiger partial charge in [-0.1, -0.05) is 68.2 Å². The number of nitrogens with one attached hydrogen (secondary N) is 2. The molecule has 11 rings (SSSR count). The van der Waals surface area contributed by atoms with Gasteiger partial charge in [-0.3, -0.25) is 33.9 Å². The van der Waals surface area contributed by atoms with Crippen molar-refractivity contribution >= 4 is 53.3 Å². The Morgan fingerprint density at radius 3 is 1.42 bits per heavy atom. The Kier molecular flexibility index (Phi) is 9.68. The molecule has 2 N–H and O–H groups in total. The highest BCUT2D eigenvalue weighted by Gasteiger charge is 2.43. The van der Waals surface area contributed by atoms with Crippen molar-refractivity contribution in [2.45, 2.75) is 26.2 Å². The molecule has 0 saturated carbocycles. The zero-order valence-electron chi connectivity index (χ0n) is 36.6. The molecule has 6 aromatic carbocycles. The standard InChI is InChI=1S/C52H33N9O8/c1-28-53-49(56-55-28)59-44(63)38-23-20-35(26-41(38)47(59)66)68-33-16-12-31(13-17-33)52(2,3)32-14-18-34(19-15-32)69-36-21-24-39-42(27-36)48(67)61(45(39)64)51-54-50(57-58-51)60-43(62)37-22-11-30(25-40(37)46(60)65)10-9-29-7-5-4-6-8-29/h4-8,11-27H,1-3H3,(H,53,55,56)(H,54,57,58). The summed E-state index contributed by atoms with van der Waals surface area (Å²) >= 11 is 0. The summed E-state index contributed by atoms with van der Waals surface area (Å²) in [6.07, 6.45) is 0. The lowest BCUT2D eigenvalue weighted by Crippen LogP contribution is -2.32. The summed E-state index contributed by atoms with van der Waals surface area (Å²) < 4.78 is 12.2. The second-order valence-electron chi connectivity index (χ2n) is 16.7. The monoisotopic (exact) mass is 911 g/mol. The third-order valence-electron chi connectivity index (χ3n) is 12.0. The maximum absolute atomic E-state index is 13.7. The number of aromatic nitrogens is 6. The van der Waals surface area contributed by atoms with Crippen LogP contribution in [0, 0.1) is 18.8 Å². The number of benzene rings is 6. The van der Waals surface area contributed by atoms with Gasteiger partial charge in [0.15, 0.2) is 0 Å². The zero-order valence-corrected chi connectivity index (χ0v) is 36.6. The van der Waals surface area contributed by atoms with Crippen molar-refractivity contribution < 1.29 is 38.2 Å². The van der Waals surface area contributed by atoms with Crippen molar-refractivity contribution in [3.05, 3.63) is 195 Å². The van der Waals surface area contributed by atoms with Gasteiger partial charge >= 0.3 is 0 Å². The molecule has 0 bridgehead atoms. The number of imide groups is 3. The van der Waals surface area contributed by atoms with Crippen LogP contribution in [0.5, 0.6) is 23.0 Å².